The number of carbonyl (C=O) groups excluding carboxylic acids is 1. The Kier molecular flexibility index (Phi) is 4.90. The third-order valence-corrected chi connectivity index (χ3v) is 6.09. The smallest absolute Gasteiger partial charge is 0.282 e. The van der Waals surface area contributed by atoms with E-state index in [4.69, 9.17) is 0 Å². The number of amides is 1. The maximum absolute atomic E-state index is 13.3. The van der Waals surface area contributed by atoms with Crippen LogP contribution in [0.3, 0.4) is 0 Å². The normalized spacial score (nSPS) is 13.1. The van der Waals surface area contributed by atoms with Crippen molar-refractivity contribution in [2.45, 2.75) is 19.9 Å². The zero-order valence-electron chi connectivity index (χ0n) is 16.8. The number of thiazole rings is 1. The van der Waals surface area contributed by atoms with Crippen LogP contribution in [0.4, 0.5) is 16.6 Å². The van der Waals surface area contributed by atoms with Crippen LogP contribution in [-0.4, -0.2) is 47.2 Å². The molecule has 1 aliphatic rings. The van der Waals surface area contributed by atoms with Crippen molar-refractivity contribution in [2.75, 3.05) is 11.9 Å². The second-order valence-electron chi connectivity index (χ2n) is 7.18. The number of aromatic nitrogens is 5. The molecule has 160 valence electrons. The quantitative estimate of drug-likeness (QED) is 0.368. The third-order valence-electron chi connectivity index (χ3n) is 5.22. The number of hydrogen-bond acceptors (Lipinski definition) is 10. The van der Waals surface area contributed by atoms with Crippen LogP contribution in [0.25, 0.3) is 10.5 Å². The lowest BCUT2D eigenvalue weighted by Gasteiger charge is -2.29. The highest BCUT2D eigenvalue weighted by molar-refractivity contribution is 7.21. The van der Waals surface area contributed by atoms with Crippen molar-refractivity contribution < 1.29 is 9.72 Å². The summed E-state index contributed by atoms with van der Waals surface area (Å²) in [6, 6.07) is 4.63. The van der Waals surface area contributed by atoms with Crippen molar-refractivity contribution in [3.05, 3.63) is 69.4 Å². The van der Waals surface area contributed by atoms with Crippen molar-refractivity contribution in [2.24, 2.45) is 0 Å². The standard InChI is InChI=1S/C20H16N8O3S/c1-11-3-2-4-14(28(30)31)15(11)19(29)27-8-5-13-12(9-27)16(24-10-23-13)25-20-26-17-18(32-20)22-7-6-21-17/h2-4,6-7,10H,5,8-9H2,1H3,(H,21,23,24,25,26). The molecule has 4 heterocycles. The molecule has 0 atom stereocenters. The molecule has 12 heteroatoms. The number of benzene rings is 1. The highest BCUT2D eigenvalue weighted by atomic mass is 32.1. The van der Waals surface area contributed by atoms with E-state index in [9.17, 15) is 14.9 Å². The number of hydrogen-bond donors (Lipinski definition) is 1. The topological polar surface area (TPSA) is 140 Å². The zero-order chi connectivity index (χ0) is 22.2. The predicted molar refractivity (Wildman–Crippen MR) is 117 cm³/mol. The molecule has 0 fully saturated rings. The number of nitro benzene ring substituents is 1. The Balaban J connectivity index is 1.46. The Morgan fingerprint density at radius 1 is 1.22 bits per heavy atom. The van der Waals surface area contributed by atoms with E-state index in [0.29, 0.717) is 40.0 Å². The monoisotopic (exact) mass is 448 g/mol. The predicted octanol–water partition coefficient (Wildman–Crippen LogP) is 3.04. The number of rotatable bonds is 4. The largest absolute Gasteiger partial charge is 0.333 e. The van der Waals surface area contributed by atoms with Crippen LogP contribution in [0.5, 0.6) is 0 Å². The van der Waals surface area contributed by atoms with Crippen molar-refractivity contribution >= 4 is 44.4 Å². The number of carbonyl (C=O) groups is 1. The minimum absolute atomic E-state index is 0.107. The summed E-state index contributed by atoms with van der Waals surface area (Å²) in [4.78, 5) is 48.1. The zero-order valence-corrected chi connectivity index (χ0v) is 17.7. The molecule has 1 aliphatic heterocycles. The fourth-order valence-corrected chi connectivity index (χ4v) is 4.46. The lowest BCUT2D eigenvalue weighted by Crippen LogP contribution is -2.37. The summed E-state index contributed by atoms with van der Waals surface area (Å²) >= 11 is 1.34. The van der Waals surface area contributed by atoms with E-state index in [1.54, 1.807) is 36.4 Å². The van der Waals surface area contributed by atoms with E-state index >= 15 is 0 Å². The fraction of sp³-hybridized carbons (Fsp3) is 0.200. The van der Waals surface area contributed by atoms with Gasteiger partial charge in [-0.2, -0.15) is 4.98 Å². The molecule has 11 nitrogen and oxygen atoms in total. The highest BCUT2D eigenvalue weighted by Crippen LogP contribution is 2.31. The maximum Gasteiger partial charge on any atom is 0.282 e. The molecule has 0 radical (unpaired) electrons. The molecule has 5 rings (SSSR count). The molecule has 1 N–H and O–H groups in total. The van der Waals surface area contributed by atoms with Crippen molar-refractivity contribution in [1.29, 1.82) is 0 Å². The average Bonchev–Trinajstić information content (AvgIpc) is 3.21. The van der Waals surface area contributed by atoms with Crippen LogP contribution in [-0.2, 0) is 13.0 Å². The minimum atomic E-state index is -0.524. The molecule has 0 unspecified atom stereocenters. The van der Waals surface area contributed by atoms with Crippen LogP contribution in [0.15, 0.2) is 36.9 Å². The highest BCUT2D eigenvalue weighted by Gasteiger charge is 2.30. The van der Waals surface area contributed by atoms with Gasteiger partial charge in [-0.25, -0.2) is 19.9 Å². The SMILES string of the molecule is Cc1cccc([N+](=O)[O-])c1C(=O)N1CCc2ncnc(Nc3nc4nccnc4s3)c2C1. The number of nitrogens with one attached hydrogen (secondary N) is 1. The summed E-state index contributed by atoms with van der Waals surface area (Å²) in [6.45, 7) is 2.33. The Morgan fingerprint density at radius 2 is 2.06 bits per heavy atom. The van der Waals surface area contributed by atoms with E-state index in [2.05, 4.69) is 30.2 Å². The first-order valence-electron chi connectivity index (χ1n) is 9.72. The van der Waals surface area contributed by atoms with Crippen LogP contribution < -0.4 is 5.32 Å². The van der Waals surface area contributed by atoms with Gasteiger partial charge in [-0.15, -0.1) is 0 Å². The fourth-order valence-electron chi connectivity index (χ4n) is 3.69. The van der Waals surface area contributed by atoms with Gasteiger partial charge in [-0.1, -0.05) is 23.5 Å². The van der Waals surface area contributed by atoms with Gasteiger partial charge in [-0.05, 0) is 12.5 Å². The molecular formula is C20H16N8O3S. The molecule has 1 aromatic carbocycles. The molecule has 32 heavy (non-hydrogen) atoms. The molecule has 0 bridgehead atoms. The summed E-state index contributed by atoms with van der Waals surface area (Å²) < 4.78 is 0. The van der Waals surface area contributed by atoms with Crippen molar-refractivity contribution in [3.8, 4) is 0 Å². The molecule has 0 saturated heterocycles. The summed E-state index contributed by atoms with van der Waals surface area (Å²) in [6.07, 6.45) is 5.16. The summed E-state index contributed by atoms with van der Waals surface area (Å²) in [7, 11) is 0. The summed E-state index contributed by atoms with van der Waals surface area (Å²) in [5, 5.41) is 15.2. The number of aryl methyl sites for hydroxylation is 1. The molecule has 0 spiro atoms. The van der Waals surface area contributed by atoms with E-state index in [0.717, 1.165) is 11.3 Å². The Labute approximate surface area is 185 Å². The first-order chi connectivity index (χ1) is 15.5. The Hall–Kier alpha value is -4.06. The molecule has 1 amide bonds. The first kappa shape index (κ1) is 19.9. The molecule has 4 aromatic rings. The first-order valence-corrected chi connectivity index (χ1v) is 10.5. The van der Waals surface area contributed by atoms with Crippen LogP contribution in [0.1, 0.15) is 27.2 Å². The van der Waals surface area contributed by atoms with E-state index in [1.807, 2.05) is 0 Å². The Bertz CT molecular complexity index is 1340. The molecule has 0 saturated carbocycles. The maximum atomic E-state index is 13.3. The lowest BCUT2D eigenvalue weighted by atomic mass is 10.0. The van der Waals surface area contributed by atoms with Gasteiger partial charge >= 0.3 is 0 Å². The van der Waals surface area contributed by atoms with Gasteiger partial charge in [0.2, 0.25) is 0 Å². The van der Waals surface area contributed by atoms with Gasteiger partial charge in [0.1, 0.15) is 17.7 Å². The number of anilines is 2. The van der Waals surface area contributed by atoms with E-state index in [-0.39, 0.29) is 23.7 Å². The van der Waals surface area contributed by atoms with E-state index in [1.165, 1.54) is 23.7 Å². The minimum Gasteiger partial charge on any atom is -0.333 e. The summed E-state index contributed by atoms with van der Waals surface area (Å²) in [5.41, 5.74) is 2.58. The average molecular weight is 448 g/mol. The number of nitro groups is 1. The van der Waals surface area contributed by atoms with Crippen molar-refractivity contribution in [3.63, 3.8) is 0 Å². The molecule has 3 aromatic heterocycles. The molecule has 0 aliphatic carbocycles. The second kappa shape index (κ2) is 7.89. The molecular weight excluding hydrogens is 432 g/mol. The lowest BCUT2D eigenvalue weighted by molar-refractivity contribution is -0.385. The number of fused-ring (bicyclic) bond motifs is 2. The van der Waals surface area contributed by atoms with Crippen molar-refractivity contribution in [1.82, 2.24) is 29.8 Å². The Morgan fingerprint density at radius 3 is 2.88 bits per heavy atom. The van der Waals surface area contributed by atoms with Gasteiger partial charge in [0.15, 0.2) is 15.6 Å². The second-order valence-corrected chi connectivity index (χ2v) is 8.16. The van der Waals surface area contributed by atoms with Gasteiger partial charge in [0, 0.05) is 37.0 Å². The van der Waals surface area contributed by atoms with Crippen LogP contribution in [0, 0.1) is 17.0 Å². The van der Waals surface area contributed by atoms with Gasteiger partial charge in [0.25, 0.3) is 11.6 Å². The summed E-state index contributed by atoms with van der Waals surface area (Å²) in [5.74, 6) is 0.148. The van der Waals surface area contributed by atoms with Crippen LogP contribution >= 0.6 is 11.3 Å². The van der Waals surface area contributed by atoms with Crippen LogP contribution in [0.2, 0.25) is 0 Å². The van der Waals surface area contributed by atoms with Gasteiger partial charge in [0.05, 0.1) is 17.2 Å². The third kappa shape index (κ3) is 3.50. The number of nitrogens with zero attached hydrogens (tertiary/aromatic N) is 7. The van der Waals surface area contributed by atoms with Gasteiger partial charge in [-0.3, -0.25) is 14.9 Å². The van der Waals surface area contributed by atoms with E-state index < -0.39 is 4.92 Å². The van der Waals surface area contributed by atoms with Gasteiger partial charge < -0.3 is 10.2 Å².